The summed E-state index contributed by atoms with van der Waals surface area (Å²) in [7, 11) is 4.38. The average molecular weight is 351 g/mol. The Kier molecular flexibility index (Phi) is 4.09. The molecule has 0 amide bonds. The third-order valence-electron chi connectivity index (χ3n) is 6.33. The Labute approximate surface area is 156 Å². The van der Waals surface area contributed by atoms with Crippen molar-refractivity contribution in [2.45, 2.75) is 57.0 Å². The first-order valence-corrected chi connectivity index (χ1v) is 10.1. The highest BCUT2D eigenvalue weighted by Gasteiger charge is 2.31. The molecule has 26 heavy (non-hydrogen) atoms. The van der Waals surface area contributed by atoms with Crippen molar-refractivity contribution in [3.05, 3.63) is 41.0 Å². The molecular weight excluding hydrogens is 322 g/mol. The number of rotatable bonds is 5. The number of likely N-dealkylation sites (tertiary alicyclic amines) is 1. The van der Waals surface area contributed by atoms with Crippen LogP contribution >= 0.6 is 0 Å². The number of hydrogen-bond acceptors (Lipinski definition) is 4. The molecule has 1 saturated heterocycles. The van der Waals surface area contributed by atoms with Crippen LogP contribution in [0.3, 0.4) is 0 Å². The van der Waals surface area contributed by atoms with Crippen molar-refractivity contribution in [2.24, 2.45) is 0 Å². The third-order valence-corrected chi connectivity index (χ3v) is 6.33. The fourth-order valence-electron chi connectivity index (χ4n) is 4.55. The Morgan fingerprint density at radius 2 is 2.04 bits per heavy atom. The fourth-order valence-corrected chi connectivity index (χ4v) is 4.55. The number of benzene rings is 1. The molecule has 3 aliphatic rings. The van der Waals surface area contributed by atoms with Gasteiger partial charge in [-0.25, -0.2) is 9.67 Å². The van der Waals surface area contributed by atoms with Gasteiger partial charge in [-0.3, -0.25) is 4.90 Å². The topological polar surface area (TPSA) is 37.2 Å². The predicted octanol–water partition coefficient (Wildman–Crippen LogP) is 2.77. The average Bonchev–Trinajstić information content (AvgIpc) is 3.05. The second-order valence-electron chi connectivity index (χ2n) is 8.48. The largest absolute Gasteiger partial charge is 0.305 e. The monoisotopic (exact) mass is 351 g/mol. The van der Waals surface area contributed by atoms with Crippen molar-refractivity contribution in [3.63, 3.8) is 0 Å². The van der Waals surface area contributed by atoms with Crippen molar-refractivity contribution >= 4 is 0 Å². The van der Waals surface area contributed by atoms with Gasteiger partial charge in [0.05, 0.1) is 12.2 Å². The molecule has 1 aromatic carbocycles. The maximum atomic E-state index is 5.00. The highest BCUT2D eigenvalue weighted by molar-refractivity contribution is 5.48. The minimum absolute atomic E-state index is 0.597. The number of fused-ring (bicyclic) bond motifs is 1. The van der Waals surface area contributed by atoms with Gasteiger partial charge in [0.2, 0.25) is 0 Å². The molecule has 1 saturated carbocycles. The lowest BCUT2D eigenvalue weighted by atomic mass is 10.1. The van der Waals surface area contributed by atoms with Gasteiger partial charge in [-0.05, 0) is 69.8 Å². The van der Waals surface area contributed by atoms with E-state index in [0.717, 1.165) is 31.3 Å². The zero-order valence-corrected chi connectivity index (χ0v) is 16.0. The molecule has 1 aromatic heterocycles. The first-order valence-electron chi connectivity index (χ1n) is 10.1. The highest BCUT2D eigenvalue weighted by Crippen LogP contribution is 2.39. The molecule has 1 aliphatic heterocycles. The third kappa shape index (κ3) is 2.97. The smallest absolute Gasteiger partial charge is 0.154 e. The lowest BCUT2D eigenvalue weighted by molar-refractivity contribution is 0.260. The molecule has 2 aromatic rings. The summed E-state index contributed by atoms with van der Waals surface area (Å²) in [6.07, 6.45) is 7.40. The van der Waals surface area contributed by atoms with Crippen LogP contribution in [0.15, 0.2) is 18.2 Å². The maximum Gasteiger partial charge on any atom is 0.154 e. The van der Waals surface area contributed by atoms with Gasteiger partial charge in [0, 0.05) is 25.0 Å². The van der Waals surface area contributed by atoms with Crippen molar-refractivity contribution in [3.8, 4) is 5.69 Å². The number of likely N-dealkylation sites (N-methyl/N-ethyl adjacent to an activating group) is 1. The summed E-state index contributed by atoms with van der Waals surface area (Å²) in [5.74, 6) is 2.80. The van der Waals surface area contributed by atoms with E-state index >= 15 is 0 Å². The zero-order chi connectivity index (χ0) is 17.7. The van der Waals surface area contributed by atoms with E-state index in [1.807, 2.05) is 0 Å². The van der Waals surface area contributed by atoms with E-state index in [0.29, 0.717) is 12.0 Å². The van der Waals surface area contributed by atoms with Gasteiger partial charge in [0.25, 0.3) is 0 Å². The Morgan fingerprint density at radius 1 is 1.15 bits per heavy atom. The van der Waals surface area contributed by atoms with Crippen LogP contribution in [0.2, 0.25) is 0 Å². The van der Waals surface area contributed by atoms with E-state index in [2.05, 4.69) is 46.8 Å². The number of nitrogens with zero attached hydrogens (tertiary/aromatic N) is 5. The van der Waals surface area contributed by atoms with E-state index in [4.69, 9.17) is 10.1 Å². The van der Waals surface area contributed by atoms with Crippen LogP contribution < -0.4 is 0 Å². The molecular formula is C21H29N5. The van der Waals surface area contributed by atoms with Gasteiger partial charge in [-0.2, -0.15) is 5.10 Å². The second kappa shape index (κ2) is 6.46. The Bertz CT molecular complexity index is 805. The Hall–Kier alpha value is -1.72. The highest BCUT2D eigenvalue weighted by atomic mass is 15.4. The van der Waals surface area contributed by atoms with Crippen LogP contribution in [-0.2, 0) is 19.4 Å². The molecule has 1 atom stereocenters. The first kappa shape index (κ1) is 16.5. The zero-order valence-electron chi connectivity index (χ0n) is 16.0. The number of aromatic nitrogens is 3. The minimum Gasteiger partial charge on any atom is -0.305 e. The summed E-state index contributed by atoms with van der Waals surface area (Å²) < 4.78 is 2.18. The maximum absolute atomic E-state index is 5.00. The lowest BCUT2D eigenvalue weighted by Gasteiger charge is -2.20. The minimum atomic E-state index is 0.597. The van der Waals surface area contributed by atoms with Gasteiger partial charge < -0.3 is 4.90 Å². The van der Waals surface area contributed by atoms with E-state index < -0.39 is 0 Å². The summed E-state index contributed by atoms with van der Waals surface area (Å²) in [6, 6.07) is 7.38. The summed E-state index contributed by atoms with van der Waals surface area (Å²) in [5.41, 5.74) is 4.28. The fraction of sp³-hybridized carbons (Fsp3) is 0.619. The molecule has 0 N–H and O–H groups in total. The molecule has 2 aliphatic carbocycles. The van der Waals surface area contributed by atoms with Crippen LogP contribution in [0.4, 0.5) is 0 Å². The van der Waals surface area contributed by atoms with Gasteiger partial charge in [-0.1, -0.05) is 12.1 Å². The van der Waals surface area contributed by atoms with Crippen molar-refractivity contribution < 1.29 is 0 Å². The van der Waals surface area contributed by atoms with Gasteiger partial charge in [-0.15, -0.1) is 0 Å². The molecule has 1 unspecified atom stereocenters. The van der Waals surface area contributed by atoms with Crippen LogP contribution in [0.5, 0.6) is 0 Å². The normalized spacial score (nSPS) is 23.1. The van der Waals surface area contributed by atoms with Gasteiger partial charge >= 0.3 is 0 Å². The molecule has 138 valence electrons. The molecule has 2 fully saturated rings. The molecule has 5 heteroatoms. The summed E-state index contributed by atoms with van der Waals surface area (Å²) >= 11 is 0. The van der Waals surface area contributed by atoms with E-state index in [1.54, 1.807) is 0 Å². The van der Waals surface area contributed by atoms with Crippen LogP contribution in [0.25, 0.3) is 5.69 Å². The summed E-state index contributed by atoms with van der Waals surface area (Å²) in [5, 5.41) is 4.98. The van der Waals surface area contributed by atoms with E-state index in [9.17, 15) is 0 Å². The molecule has 2 heterocycles. The predicted molar refractivity (Wildman–Crippen MR) is 103 cm³/mol. The Morgan fingerprint density at radius 3 is 2.81 bits per heavy atom. The molecule has 0 radical (unpaired) electrons. The van der Waals surface area contributed by atoms with E-state index in [-0.39, 0.29) is 0 Å². The van der Waals surface area contributed by atoms with Crippen LogP contribution in [0, 0.1) is 0 Å². The second-order valence-corrected chi connectivity index (χ2v) is 8.48. The molecule has 0 bridgehead atoms. The molecule has 0 spiro atoms. The van der Waals surface area contributed by atoms with Crippen LogP contribution in [-0.4, -0.2) is 57.8 Å². The van der Waals surface area contributed by atoms with Crippen LogP contribution in [0.1, 0.15) is 54.4 Å². The van der Waals surface area contributed by atoms with E-state index in [1.165, 1.54) is 55.3 Å². The summed E-state index contributed by atoms with van der Waals surface area (Å²) in [6.45, 7) is 3.20. The van der Waals surface area contributed by atoms with Crippen molar-refractivity contribution in [1.29, 1.82) is 0 Å². The van der Waals surface area contributed by atoms with Crippen molar-refractivity contribution in [2.75, 3.05) is 27.2 Å². The standard InChI is InChI=1S/C21H29N5/c1-24(2)17-11-12-25(13-17)14-20-22-21(16-9-10-16)23-26(20)19-8-4-6-15-5-3-7-18(15)19/h4,6,8,16-17H,3,5,7,9-14H2,1-2H3. The van der Waals surface area contributed by atoms with Gasteiger partial charge in [0.15, 0.2) is 5.82 Å². The summed E-state index contributed by atoms with van der Waals surface area (Å²) in [4.78, 5) is 9.90. The van der Waals surface area contributed by atoms with Gasteiger partial charge in [0.1, 0.15) is 5.82 Å². The quantitative estimate of drug-likeness (QED) is 0.830. The Balaban J connectivity index is 1.47. The number of hydrogen-bond donors (Lipinski definition) is 0. The van der Waals surface area contributed by atoms with Crippen molar-refractivity contribution in [1.82, 2.24) is 24.6 Å². The molecule has 5 nitrogen and oxygen atoms in total. The SMILES string of the molecule is CN(C)C1CCN(Cc2nc(C3CC3)nn2-c2cccc3c2CCC3)C1. The number of aryl methyl sites for hydroxylation is 1. The lowest BCUT2D eigenvalue weighted by Crippen LogP contribution is -2.31. The first-order chi connectivity index (χ1) is 12.7. The molecule has 5 rings (SSSR count).